The third kappa shape index (κ3) is 5.50. The number of nitrogens with zero attached hydrogens (tertiary/aromatic N) is 1. The Balaban J connectivity index is 0.00000208. The van der Waals surface area contributed by atoms with Gasteiger partial charge in [-0.25, -0.2) is 4.98 Å². The molecule has 132 valence electrons. The van der Waals surface area contributed by atoms with Crippen molar-refractivity contribution in [3.8, 4) is 5.75 Å². The van der Waals surface area contributed by atoms with Crippen molar-refractivity contribution in [2.75, 3.05) is 18.4 Å². The molecule has 0 saturated heterocycles. The van der Waals surface area contributed by atoms with E-state index in [0.717, 1.165) is 17.9 Å². The molecule has 1 fully saturated rings. The number of fused-ring (bicyclic) bond motifs is 1. The van der Waals surface area contributed by atoms with Crippen LogP contribution in [-0.4, -0.2) is 30.3 Å². The number of hydrogen-bond donors (Lipinski definition) is 2. The number of rotatable bonds is 6. The van der Waals surface area contributed by atoms with E-state index in [1.165, 1.54) is 31.0 Å². The van der Waals surface area contributed by atoms with Gasteiger partial charge in [0.1, 0.15) is 5.75 Å². The van der Waals surface area contributed by atoms with E-state index >= 15 is 0 Å². The molecular weight excluding hydrogens is 367 g/mol. The molecule has 1 aliphatic carbocycles. The fourth-order valence-electron chi connectivity index (χ4n) is 2.03. The van der Waals surface area contributed by atoms with Gasteiger partial charge in [-0.2, -0.15) is 0 Å². The summed E-state index contributed by atoms with van der Waals surface area (Å²) < 4.78 is 41.0. The number of ether oxygens (including phenoxy) is 1. The fraction of sp³-hybridized carbons (Fsp3) is 0.429. The van der Waals surface area contributed by atoms with Crippen molar-refractivity contribution in [1.29, 1.82) is 0 Å². The second kappa shape index (κ2) is 7.54. The molecule has 1 aromatic heterocycles. The molecule has 10 heteroatoms. The Morgan fingerprint density at radius 2 is 2.12 bits per heavy atom. The first kappa shape index (κ1) is 18.8. The second-order valence-corrected chi connectivity index (χ2v) is 6.35. The van der Waals surface area contributed by atoms with Gasteiger partial charge in [-0.15, -0.1) is 25.6 Å². The zero-order valence-corrected chi connectivity index (χ0v) is 14.0. The average molecular weight is 382 g/mol. The highest BCUT2D eigenvalue weighted by molar-refractivity contribution is 7.22. The molecule has 24 heavy (non-hydrogen) atoms. The Morgan fingerprint density at radius 1 is 1.38 bits per heavy atom. The molecule has 0 radical (unpaired) electrons. The van der Waals surface area contributed by atoms with Gasteiger partial charge < -0.3 is 15.4 Å². The predicted octanol–water partition coefficient (Wildman–Crippen LogP) is 3.55. The van der Waals surface area contributed by atoms with E-state index < -0.39 is 6.36 Å². The van der Waals surface area contributed by atoms with Crippen molar-refractivity contribution in [2.24, 2.45) is 5.92 Å². The SMILES string of the molecule is Cl.O=C(CNCC1CC1)Nc1nc2ccc(OC(F)(F)F)cc2s1. The lowest BCUT2D eigenvalue weighted by molar-refractivity contribution is -0.274. The maximum atomic E-state index is 12.2. The smallest absolute Gasteiger partial charge is 0.406 e. The van der Waals surface area contributed by atoms with Crippen molar-refractivity contribution >= 4 is 45.0 Å². The minimum Gasteiger partial charge on any atom is -0.406 e. The largest absolute Gasteiger partial charge is 0.573 e. The zero-order valence-electron chi connectivity index (χ0n) is 12.4. The third-order valence-electron chi connectivity index (χ3n) is 3.26. The van der Waals surface area contributed by atoms with Crippen molar-refractivity contribution in [2.45, 2.75) is 19.2 Å². The lowest BCUT2D eigenvalue weighted by Crippen LogP contribution is -2.29. The third-order valence-corrected chi connectivity index (χ3v) is 4.19. The Kier molecular flexibility index (Phi) is 5.89. The Hall–Kier alpha value is -1.58. The molecule has 0 atom stereocenters. The van der Waals surface area contributed by atoms with Gasteiger partial charge in [0.15, 0.2) is 5.13 Å². The van der Waals surface area contributed by atoms with Crippen LogP contribution in [0.5, 0.6) is 5.75 Å². The Morgan fingerprint density at radius 3 is 2.79 bits per heavy atom. The summed E-state index contributed by atoms with van der Waals surface area (Å²) in [5.74, 6) is 0.145. The first-order valence-corrected chi connectivity index (χ1v) is 7.87. The summed E-state index contributed by atoms with van der Waals surface area (Å²) in [5.41, 5.74) is 0.505. The molecule has 1 saturated carbocycles. The summed E-state index contributed by atoms with van der Waals surface area (Å²) in [6.45, 7) is 1.01. The van der Waals surface area contributed by atoms with Crippen LogP contribution in [0.4, 0.5) is 18.3 Å². The second-order valence-electron chi connectivity index (χ2n) is 5.32. The standard InChI is InChI=1S/C14H14F3N3O2S.ClH/c15-14(16,17)22-9-3-4-10-11(5-9)23-13(19-10)20-12(21)7-18-6-8-1-2-8;/h3-5,8,18H,1-2,6-7H2,(H,19,20,21);1H. The van der Waals surface area contributed by atoms with Gasteiger partial charge in [-0.3, -0.25) is 4.79 Å². The van der Waals surface area contributed by atoms with Crippen LogP contribution in [0, 0.1) is 5.92 Å². The number of carbonyl (C=O) groups excluding carboxylic acids is 1. The number of hydrogen-bond acceptors (Lipinski definition) is 5. The Labute approximate surface area is 146 Å². The molecule has 1 heterocycles. The van der Waals surface area contributed by atoms with Gasteiger partial charge in [-0.1, -0.05) is 11.3 Å². The number of benzene rings is 1. The van der Waals surface area contributed by atoms with Crippen molar-refractivity contribution in [3.63, 3.8) is 0 Å². The molecule has 5 nitrogen and oxygen atoms in total. The quantitative estimate of drug-likeness (QED) is 0.803. The van der Waals surface area contributed by atoms with Crippen molar-refractivity contribution in [1.82, 2.24) is 10.3 Å². The van der Waals surface area contributed by atoms with E-state index in [1.807, 2.05) is 0 Å². The van der Waals surface area contributed by atoms with E-state index in [4.69, 9.17) is 0 Å². The molecule has 0 aliphatic heterocycles. The zero-order chi connectivity index (χ0) is 16.4. The number of thiazole rings is 1. The minimum atomic E-state index is -4.73. The van der Waals surface area contributed by atoms with Gasteiger partial charge in [-0.05, 0) is 37.4 Å². The molecule has 0 bridgehead atoms. The van der Waals surface area contributed by atoms with Gasteiger partial charge in [0, 0.05) is 6.07 Å². The fourth-order valence-corrected chi connectivity index (χ4v) is 2.94. The number of anilines is 1. The molecule has 1 aliphatic rings. The minimum absolute atomic E-state index is 0. The summed E-state index contributed by atoms with van der Waals surface area (Å²) in [5, 5.41) is 6.04. The number of amides is 1. The lowest BCUT2D eigenvalue weighted by Gasteiger charge is -2.07. The summed E-state index contributed by atoms with van der Waals surface area (Å²) in [6, 6.07) is 3.87. The average Bonchev–Trinajstić information content (AvgIpc) is 3.16. The molecule has 2 N–H and O–H groups in total. The van der Waals surface area contributed by atoms with Crippen LogP contribution in [-0.2, 0) is 4.79 Å². The highest BCUT2D eigenvalue weighted by atomic mass is 35.5. The van der Waals surface area contributed by atoms with Crippen molar-refractivity contribution in [3.05, 3.63) is 18.2 Å². The predicted molar refractivity (Wildman–Crippen MR) is 87.8 cm³/mol. The van der Waals surface area contributed by atoms with E-state index in [9.17, 15) is 18.0 Å². The number of halogens is 4. The molecule has 2 aromatic rings. The maximum Gasteiger partial charge on any atom is 0.573 e. The number of nitrogens with one attached hydrogen (secondary N) is 2. The molecular formula is C14H15ClF3N3O2S. The molecule has 1 amide bonds. The van der Waals surface area contributed by atoms with Crippen molar-refractivity contribution < 1.29 is 22.7 Å². The summed E-state index contributed by atoms with van der Waals surface area (Å²) in [7, 11) is 0. The summed E-state index contributed by atoms with van der Waals surface area (Å²) in [4.78, 5) is 15.9. The summed E-state index contributed by atoms with van der Waals surface area (Å²) >= 11 is 1.10. The van der Waals surface area contributed by atoms with E-state index in [2.05, 4.69) is 20.4 Å². The monoisotopic (exact) mass is 381 g/mol. The van der Waals surface area contributed by atoms with Gasteiger partial charge in [0.2, 0.25) is 5.91 Å². The maximum absolute atomic E-state index is 12.2. The van der Waals surface area contributed by atoms with E-state index in [1.54, 1.807) is 0 Å². The van der Waals surface area contributed by atoms with Crippen LogP contribution < -0.4 is 15.4 Å². The lowest BCUT2D eigenvalue weighted by atomic mass is 10.3. The van der Waals surface area contributed by atoms with Gasteiger partial charge in [0.25, 0.3) is 0 Å². The van der Waals surface area contributed by atoms with E-state index in [-0.39, 0.29) is 30.6 Å². The molecule has 0 unspecified atom stereocenters. The Bertz CT molecular complexity index is 719. The first-order valence-electron chi connectivity index (χ1n) is 7.06. The van der Waals surface area contributed by atoms with Crippen LogP contribution >= 0.6 is 23.7 Å². The van der Waals surface area contributed by atoms with Crippen LogP contribution in [0.15, 0.2) is 18.2 Å². The topological polar surface area (TPSA) is 63.2 Å². The molecule has 3 rings (SSSR count). The van der Waals surface area contributed by atoms with Crippen LogP contribution in [0.1, 0.15) is 12.8 Å². The highest BCUT2D eigenvalue weighted by Gasteiger charge is 2.31. The number of carbonyl (C=O) groups is 1. The highest BCUT2D eigenvalue weighted by Crippen LogP contribution is 2.31. The van der Waals surface area contributed by atoms with Gasteiger partial charge >= 0.3 is 6.36 Å². The molecule has 1 aromatic carbocycles. The number of alkyl halides is 3. The van der Waals surface area contributed by atoms with Crippen LogP contribution in [0.2, 0.25) is 0 Å². The van der Waals surface area contributed by atoms with Gasteiger partial charge in [0.05, 0.1) is 16.8 Å². The van der Waals surface area contributed by atoms with E-state index in [0.29, 0.717) is 21.3 Å². The summed E-state index contributed by atoms with van der Waals surface area (Å²) in [6.07, 6.45) is -2.33. The first-order chi connectivity index (χ1) is 10.9. The van der Waals surface area contributed by atoms with Crippen LogP contribution in [0.3, 0.4) is 0 Å². The van der Waals surface area contributed by atoms with Crippen LogP contribution in [0.25, 0.3) is 10.2 Å². The molecule has 0 spiro atoms. The normalized spacial score (nSPS) is 14.3. The number of aromatic nitrogens is 1.